The first kappa shape index (κ1) is 22.5. The van der Waals surface area contributed by atoms with E-state index in [1.54, 1.807) is 15.9 Å². The van der Waals surface area contributed by atoms with E-state index in [0.29, 0.717) is 42.0 Å². The number of nitrogens with one attached hydrogen (secondary N) is 3. The second-order valence-corrected chi connectivity index (χ2v) is 9.46. The van der Waals surface area contributed by atoms with Gasteiger partial charge in [0.25, 0.3) is 5.91 Å². The van der Waals surface area contributed by atoms with Crippen LogP contribution < -0.4 is 21.8 Å². The molecular weight excluding hydrogens is 430 g/mol. The number of nitrogens with zero attached hydrogens (tertiary/aromatic N) is 5. The number of allylic oxidation sites excluding steroid dienone is 1. The lowest BCUT2D eigenvalue weighted by Crippen LogP contribution is -2.28. The molecule has 0 saturated carbocycles. The van der Waals surface area contributed by atoms with Gasteiger partial charge in [-0.05, 0) is 43.6 Å². The molecule has 0 bridgehead atoms. The molecule has 5 N–H and O–H groups in total. The molecule has 10 heteroatoms. The predicted molar refractivity (Wildman–Crippen MR) is 131 cm³/mol. The number of hydrogen-bond acceptors (Lipinski definition) is 8. The van der Waals surface area contributed by atoms with Crippen molar-refractivity contribution in [1.29, 1.82) is 0 Å². The number of nitrogens with two attached hydrogens (primary N) is 1. The lowest BCUT2D eigenvalue weighted by atomic mass is 9.86. The Kier molecular flexibility index (Phi) is 6.03. The number of pyridine rings is 1. The SMILES string of the molecule is CC(C)(CN)c1ccc(-n2nc(C3CCNCC3)cc2NC(=O)C2=C3N=CC=CN3NC2)nc1. The van der Waals surface area contributed by atoms with Crippen molar-refractivity contribution >= 4 is 17.9 Å². The molecule has 3 aliphatic heterocycles. The van der Waals surface area contributed by atoms with Crippen molar-refractivity contribution in [3.05, 3.63) is 59.3 Å². The maximum absolute atomic E-state index is 13.2. The number of carbonyl (C=O) groups is 1. The molecule has 0 unspecified atom stereocenters. The third kappa shape index (κ3) is 4.27. The van der Waals surface area contributed by atoms with Crippen LogP contribution in [-0.2, 0) is 10.2 Å². The molecule has 178 valence electrons. The maximum Gasteiger partial charge on any atom is 0.257 e. The van der Waals surface area contributed by atoms with Gasteiger partial charge in [-0.1, -0.05) is 19.9 Å². The van der Waals surface area contributed by atoms with Crippen molar-refractivity contribution in [2.24, 2.45) is 10.7 Å². The average molecular weight is 462 g/mol. The molecule has 0 aromatic carbocycles. The first-order valence-electron chi connectivity index (χ1n) is 11.7. The lowest BCUT2D eigenvalue weighted by Gasteiger charge is -2.22. The highest BCUT2D eigenvalue weighted by Crippen LogP contribution is 2.29. The quantitative estimate of drug-likeness (QED) is 0.514. The van der Waals surface area contributed by atoms with Gasteiger partial charge in [-0.25, -0.2) is 15.4 Å². The molecule has 0 radical (unpaired) electrons. The first-order chi connectivity index (χ1) is 16.5. The summed E-state index contributed by atoms with van der Waals surface area (Å²) >= 11 is 0. The third-order valence-corrected chi connectivity index (χ3v) is 6.70. The van der Waals surface area contributed by atoms with Crippen LogP contribution in [-0.4, -0.2) is 58.1 Å². The highest BCUT2D eigenvalue weighted by atomic mass is 16.2. The molecule has 1 fully saturated rings. The molecule has 34 heavy (non-hydrogen) atoms. The third-order valence-electron chi connectivity index (χ3n) is 6.70. The number of fused-ring (bicyclic) bond motifs is 1. The molecule has 0 spiro atoms. The number of aromatic nitrogens is 3. The predicted octanol–water partition coefficient (Wildman–Crippen LogP) is 1.54. The van der Waals surface area contributed by atoms with E-state index >= 15 is 0 Å². The van der Waals surface area contributed by atoms with Crippen LogP contribution >= 0.6 is 0 Å². The van der Waals surface area contributed by atoms with Crippen molar-refractivity contribution in [2.45, 2.75) is 38.0 Å². The number of hydrazine groups is 1. The summed E-state index contributed by atoms with van der Waals surface area (Å²) in [7, 11) is 0. The minimum atomic E-state index is -0.212. The van der Waals surface area contributed by atoms with Crippen molar-refractivity contribution < 1.29 is 4.79 Å². The van der Waals surface area contributed by atoms with Crippen molar-refractivity contribution in [1.82, 2.24) is 30.5 Å². The van der Waals surface area contributed by atoms with E-state index in [1.807, 2.05) is 36.7 Å². The van der Waals surface area contributed by atoms with Gasteiger partial charge in [-0.3, -0.25) is 9.80 Å². The second-order valence-electron chi connectivity index (χ2n) is 9.46. The Bertz CT molecular complexity index is 1150. The van der Waals surface area contributed by atoms with Crippen LogP contribution in [0, 0.1) is 0 Å². The van der Waals surface area contributed by atoms with Gasteiger partial charge in [0, 0.05) is 49.1 Å². The molecule has 10 nitrogen and oxygen atoms in total. The fourth-order valence-electron chi connectivity index (χ4n) is 4.35. The van der Waals surface area contributed by atoms with Gasteiger partial charge in [0.2, 0.25) is 0 Å². The average Bonchev–Trinajstić information content (AvgIpc) is 3.49. The van der Waals surface area contributed by atoms with Crippen molar-refractivity contribution in [3.63, 3.8) is 0 Å². The Morgan fingerprint density at radius 2 is 2.12 bits per heavy atom. The molecule has 1 amide bonds. The number of piperidine rings is 1. The van der Waals surface area contributed by atoms with Crippen LogP contribution in [0.3, 0.4) is 0 Å². The Balaban J connectivity index is 1.47. The minimum absolute atomic E-state index is 0.170. The Morgan fingerprint density at radius 3 is 2.85 bits per heavy atom. The Hall–Kier alpha value is -3.34. The summed E-state index contributed by atoms with van der Waals surface area (Å²) in [6, 6.07) is 5.93. The summed E-state index contributed by atoms with van der Waals surface area (Å²) in [5, 5.41) is 13.1. The van der Waals surface area contributed by atoms with E-state index in [0.717, 1.165) is 37.2 Å². The zero-order valence-corrected chi connectivity index (χ0v) is 19.6. The summed E-state index contributed by atoms with van der Waals surface area (Å²) in [6.07, 6.45) is 9.20. The van der Waals surface area contributed by atoms with Gasteiger partial charge >= 0.3 is 0 Å². The van der Waals surface area contributed by atoms with Crippen LogP contribution in [0.5, 0.6) is 0 Å². The second kappa shape index (κ2) is 9.13. The van der Waals surface area contributed by atoms with Crippen LogP contribution in [0.4, 0.5) is 5.82 Å². The lowest BCUT2D eigenvalue weighted by molar-refractivity contribution is -0.112. The van der Waals surface area contributed by atoms with Gasteiger partial charge in [0.05, 0.1) is 11.3 Å². The number of anilines is 1. The van der Waals surface area contributed by atoms with E-state index < -0.39 is 0 Å². The number of amides is 1. The summed E-state index contributed by atoms with van der Waals surface area (Å²) in [5.41, 5.74) is 11.5. The van der Waals surface area contributed by atoms with Gasteiger partial charge in [0.15, 0.2) is 11.6 Å². The first-order valence-corrected chi connectivity index (χ1v) is 11.7. The standard InChI is InChI=1S/C24H31N9O/c1-24(2,15-25)17-4-5-20(28-13-17)33-21(12-19(31-33)16-6-9-26-10-7-16)30-23(34)18-14-29-32-11-3-8-27-22(18)32/h3-5,8,11-13,16,26,29H,6-7,9-10,14-15,25H2,1-2H3,(H,30,34). The molecule has 3 aliphatic rings. The van der Waals surface area contributed by atoms with Crippen LogP contribution in [0.2, 0.25) is 0 Å². The summed E-state index contributed by atoms with van der Waals surface area (Å²) in [4.78, 5) is 22.3. The fraction of sp³-hybridized carbons (Fsp3) is 0.417. The summed E-state index contributed by atoms with van der Waals surface area (Å²) in [5.74, 6) is 1.98. The molecule has 2 aromatic rings. The summed E-state index contributed by atoms with van der Waals surface area (Å²) < 4.78 is 1.73. The van der Waals surface area contributed by atoms with Gasteiger partial charge in [-0.2, -0.15) is 9.78 Å². The monoisotopic (exact) mass is 461 g/mol. The summed E-state index contributed by atoms with van der Waals surface area (Å²) in [6.45, 7) is 7.04. The van der Waals surface area contributed by atoms with Crippen molar-refractivity contribution in [2.75, 3.05) is 31.5 Å². The number of aliphatic imine (C=N–C) groups is 1. The van der Waals surface area contributed by atoms with Crippen LogP contribution in [0.1, 0.15) is 43.9 Å². The number of carbonyl (C=O) groups excluding carboxylic acids is 1. The highest BCUT2D eigenvalue weighted by molar-refractivity contribution is 6.04. The Morgan fingerprint density at radius 1 is 1.29 bits per heavy atom. The molecule has 0 atom stereocenters. The number of hydrogen-bond donors (Lipinski definition) is 4. The molecular formula is C24H31N9O. The smallest absolute Gasteiger partial charge is 0.257 e. The molecule has 5 rings (SSSR count). The van der Waals surface area contributed by atoms with E-state index in [9.17, 15) is 4.79 Å². The van der Waals surface area contributed by atoms with E-state index in [1.165, 1.54) is 0 Å². The zero-order valence-electron chi connectivity index (χ0n) is 19.6. The normalized spacial score (nSPS) is 18.5. The molecule has 2 aromatic heterocycles. The highest BCUT2D eigenvalue weighted by Gasteiger charge is 2.28. The van der Waals surface area contributed by atoms with Crippen molar-refractivity contribution in [3.8, 4) is 5.82 Å². The fourth-order valence-corrected chi connectivity index (χ4v) is 4.35. The molecule has 5 heterocycles. The maximum atomic E-state index is 13.2. The molecule has 1 saturated heterocycles. The van der Waals surface area contributed by atoms with Gasteiger partial charge < -0.3 is 16.4 Å². The zero-order chi connectivity index (χ0) is 23.7. The molecule has 0 aliphatic carbocycles. The largest absolute Gasteiger partial charge is 0.330 e. The van der Waals surface area contributed by atoms with Gasteiger partial charge in [0.1, 0.15) is 5.82 Å². The van der Waals surface area contributed by atoms with Crippen LogP contribution in [0.15, 0.2) is 53.1 Å². The number of rotatable bonds is 6. The van der Waals surface area contributed by atoms with Crippen LogP contribution in [0.25, 0.3) is 5.82 Å². The van der Waals surface area contributed by atoms with Gasteiger partial charge in [-0.15, -0.1) is 0 Å². The topological polar surface area (TPSA) is 125 Å². The van der Waals surface area contributed by atoms with E-state index in [2.05, 4.69) is 39.9 Å². The Labute approximate surface area is 199 Å². The minimum Gasteiger partial charge on any atom is -0.330 e. The van der Waals surface area contributed by atoms with E-state index in [-0.39, 0.29) is 11.3 Å². The van der Waals surface area contributed by atoms with E-state index in [4.69, 9.17) is 10.8 Å².